The third-order valence-corrected chi connectivity index (χ3v) is 4.64. The van der Waals surface area contributed by atoms with E-state index in [-0.39, 0.29) is 0 Å². The van der Waals surface area contributed by atoms with Crippen LogP contribution in [0.2, 0.25) is 5.02 Å². The Bertz CT molecular complexity index is 804. The van der Waals surface area contributed by atoms with Crippen molar-refractivity contribution in [3.05, 3.63) is 69.7 Å². The summed E-state index contributed by atoms with van der Waals surface area (Å²) < 4.78 is 0.864. The minimum absolute atomic E-state index is 0.296. The molecule has 2 N–H and O–H groups in total. The lowest BCUT2D eigenvalue weighted by molar-refractivity contribution is 0.470. The first-order chi connectivity index (χ1) is 10.1. The van der Waals surface area contributed by atoms with Crippen molar-refractivity contribution in [2.75, 3.05) is 5.32 Å². The lowest BCUT2D eigenvalue weighted by Crippen LogP contribution is -2.00. The van der Waals surface area contributed by atoms with Crippen LogP contribution in [0.1, 0.15) is 5.56 Å². The molecule has 0 fully saturated rings. The maximum Gasteiger partial charge on any atom is 0.121 e. The van der Waals surface area contributed by atoms with Gasteiger partial charge in [-0.15, -0.1) is 0 Å². The van der Waals surface area contributed by atoms with Gasteiger partial charge < -0.3 is 10.4 Å². The van der Waals surface area contributed by atoms with E-state index in [9.17, 15) is 5.11 Å². The molecule has 0 bridgehead atoms. The van der Waals surface area contributed by atoms with Crippen molar-refractivity contribution in [2.45, 2.75) is 6.54 Å². The molecular formula is C17H13BrClNO. The van der Waals surface area contributed by atoms with Crippen LogP contribution < -0.4 is 5.32 Å². The van der Waals surface area contributed by atoms with Gasteiger partial charge in [0.2, 0.25) is 0 Å². The van der Waals surface area contributed by atoms with E-state index < -0.39 is 0 Å². The molecule has 2 nitrogen and oxygen atoms in total. The van der Waals surface area contributed by atoms with Gasteiger partial charge in [-0.2, -0.15) is 0 Å². The van der Waals surface area contributed by atoms with E-state index in [1.54, 1.807) is 6.07 Å². The Morgan fingerprint density at radius 2 is 1.86 bits per heavy atom. The predicted octanol–water partition coefficient (Wildman–Crippen LogP) is 5.57. The fourth-order valence-electron chi connectivity index (χ4n) is 2.31. The van der Waals surface area contributed by atoms with Crippen molar-refractivity contribution >= 4 is 44.0 Å². The first-order valence-corrected chi connectivity index (χ1v) is 7.71. The molecule has 0 saturated heterocycles. The van der Waals surface area contributed by atoms with Crippen molar-refractivity contribution in [3.8, 4) is 5.75 Å². The standard InChI is InChI=1S/C17H13BrClNO/c18-15-7-6-12(9-16(15)19)20-10-14-13-4-2-1-3-11(13)5-8-17(14)21/h1-9,20-21H,10H2. The van der Waals surface area contributed by atoms with Crippen LogP contribution in [0.15, 0.2) is 59.1 Å². The smallest absolute Gasteiger partial charge is 0.121 e. The number of rotatable bonds is 3. The van der Waals surface area contributed by atoms with E-state index in [2.05, 4.69) is 21.2 Å². The number of aromatic hydroxyl groups is 1. The fourth-order valence-corrected chi connectivity index (χ4v) is 2.73. The molecule has 0 unspecified atom stereocenters. The molecule has 0 aliphatic heterocycles. The zero-order valence-corrected chi connectivity index (χ0v) is 13.4. The minimum atomic E-state index is 0.296. The summed E-state index contributed by atoms with van der Waals surface area (Å²) in [5.74, 6) is 0.296. The summed E-state index contributed by atoms with van der Waals surface area (Å²) in [6, 6.07) is 17.4. The maximum absolute atomic E-state index is 10.1. The van der Waals surface area contributed by atoms with Gasteiger partial charge in [-0.3, -0.25) is 0 Å². The van der Waals surface area contributed by atoms with Gasteiger partial charge in [0.25, 0.3) is 0 Å². The Labute approximate surface area is 136 Å². The van der Waals surface area contributed by atoms with Crippen LogP contribution in [0, 0.1) is 0 Å². The minimum Gasteiger partial charge on any atom is -0.508 e. The predicted molar refractivity (Wildman–Crippen MR) is 92.1 cm³/mol. The SMILES string of the molecule is Oc1ccc2ccccc2c1CNc1ccc(Br)c(Cl)c1. The Kier molecular flexibility index (Phi) is 4.04. The Morgan fingerprint density at radius 3 is 2.67 bits per heavy atom. The fraction of sp³-hybridized carbons (Fsp3) is 0.0588. The van der Waals surface area contributed by atoms with E-state index in [1.807, 2.05) is 48.5 Å². The van der Waals surface area contributed by atoms with E-state index in [0.29, 0.717) is 17.3 Å². The summed E-state index contributed by atoms with van der Waals surface area (Å²) in [6.45, 7) is 0.533. The molecule has 0 spiro atoms. The molecule has 3 aromatic carbocycles. The molecule has 21 heavy (non-hydrogen) atoms. The first-order valence-electron chi connectivity index (χ1n) is 6.53. The molecule has 0 aromatic heterocycles. The highest BCUT2D eigenvalue weighted by Crippen LogP contribution is 2.29. The summed E-state index contributed by atoms with van der Waals surface area (Å²) in [4.78, 5) is 0. The number of fused-ring (bicyclic) bond motifs is 1. The molecule has 106 valence electrons. The zero-order valence-electron chi connectivity index (χ0n) is 11.1. The van der Waals surface area contributed by atoms with Crippen molar-refractivity contribution in [3.63, 3.8) is 0 Å². The number of hydrogen-bond donors (Lipinski definition) is 2. The topological polar surface area (TPSA) is 32.3 Å². The highest BCUT2D eigenvalue weighted by atomic mass is 79.9. The van der Waals surface area contributed by atoms with Gasteiger partial charge in [0.15, 0.2) is 0 Å². The van der Waals surface area contributed by atoms with Crippen LogP contribution in [0.3, 0.4) is 0 Å². The molecule has 0 amide bonds. The average molecular weight is 363 g/mol. The van der Waals surface area contributed by atoms with Crippen LogP contribution in [-0.2, 0) is 6.54 Å². The summed E-state index contributed by atoms with van der Waals surface area (Å²) in [7, 11) is 0. The molecular weight excluding hydrogens is 350 g/mol. The molecule has 0 aliphatic carbocycles. The van der Waals surface area contributed by atoms with Crippen molar-refractivity contribution in [2.24, 2.45) is 0 Å². The summed E-state index contributed by atoms with van der Waals surface area (Å²) in [5, 5.41) is 16.2. The van der Waals surface area contributed by atoms with Gasteiger partial charge in [0.05, 0.1) is 5.02 Å². The van der Waals surface area contributed by atoms with Crippen LogP contribution in [0.5, 0.6) is 5.75 Å². The second-order valence-electron chi connectivity index (χ2n) is 4.77. The van der Waals surface area contributed by atoms with Crippen molar-refractivity contribution < 1.29 is 5.11 Å². The van der Waals surface area contributed by atoms with E-state index >= 15 is 0 Å². The first kappa shape index (κ1) is 14.2. The summed E-state index contributed by atoms with van der Waals surface area (Å²) in [6.07, 6.45) is 0. The lowest BCUT2D eigenvalue weighted by Gasteiger charge is -2.12. The number of benzene rings is 3. The van der Waals surface area contributed by atoms with Crippen LogP contribution in [0.25, 0.3) is 10.8 Å². The second-order valence-corrected chi connectivity index (χ2v) is 6.03. The van der Waals surface area contributed by atoms with Crippen molar-refractivity contribution in [1.82, 2.24) is 0 Å². The molecule has 0 heterocycles. The highest BCUT2D eigenvalue weighted by Gasteiger charge is 2.07. The molecule has 3 aromatic rings. The van der Waals surface area contributed by atoms with Crippen molar-refractivity contribution in [1.29, 1.82) is 0 Å². The molecule has 0 atom stereocenters. The Morgan fingerprint density at radius 1 is 1.05 bits per heavy atom. The van der Waals surface area contributed by atoms with E-state index in [0.717, 1.165) is 26.5 Å². The van der Waals surface area contributed by atoms with Gasteiger partial charge in [0.1, 0.15) is 5.75 Å². The number of phenolic OH excluding ortho intramolecular Hbond substituents is 1. The number of anilines is 1. The van der Waals surface area contributed by atoms with Gasteiger partial charge in [-0.05, 0) is 51.0 Å². The summed E-state index contributed by atoms with van der Waals surface area (Å²) >= 11 is 9.46. The molecule has 4 heteroatoms. The Balaban J connectivity index is 1.91. The zero-order chi connectivity index (χ0) is 14.8. The molecule has 3 rings (SSSR count). The van der Waals surface area contributed by atoms with Gasteiger partial charge in [0, 0.05) is 22.3 Å². The van der Waals surface area contributed by atoms with E-state index in [1.165, 1.54) is 0 Å². The molecule has 0 saturated carbocycles. The number of hydrogen-bond acceptors (Lipinski definition) is 2. The number of halogens is 2. The highest BCUT2D eigenvalue weighted by molar-refractivity contribution is 9.10. The lowest BCUT2D eigenvalue weighted by atomic mass is 10.0. The quantitative estimate of drug-likeness (QED) is 0.638. The average Bonchev–Trinajstić information content (AvgIpc) is 2.50. The normalized spacial score (nSPS) is 10.8. The largest absolute Gasteiger partial charge is 0.508 e. The van der Waals surface area contributed by atoms with Gasteiger partial charge >= 0.3 is 0 Å². The van der Waals surface area contributed by atoms with Crippen LogP contribution in [-0.4, -0.2) is 5.11 Å². The Hall–Kier alpha value is -1.71. The number of phenols is 1. The second kappa shape index (κ2) is 5.96. The summed E-state index contributed by atoms with van der Waals surface area (Å²) in [5.41, 5.74) is 1.79. The van der Waals surface area contributed by atoms with Gasteiger partial charge in [-0.25, -0.2) is 0 Å². The third kappa shape index (κ3) is 2.99. The number of nitrogens with one attached hydrogen (secondary N) is 1. The van der Waals surface area contributed by atoms with Gasteiger partial charge in [-0.1, -0.05) is 41.9 Å². The van der Waals surface area contributed by atoms with Crippen LogP contribution in [0.4, 0.5) is 5.69 Å². The molecule has 0 radical (unpaired) electrons. The monoisotopic (exact) mass is 361 g/mol. The third-order valence-electron chi connectivity index (χ3n) is 3.40. The van der Waals surface area contributed by atoms with E-state index in [4.69, 9.17) is 11.6 Å². The maximum atomic E-state index is 10.1. The molecule has 0 aliphatic rings. The van der Waals surface area contributed by atoms with Crippen LogP contribution >= 0.6 is 27.5 Å².